The number of aromatic nitrogens is 3. The fourth-order valence-corrected chi connectivity index (χ4v) is 6.49. The summed E-state index contributed by atoms with van der Waals surface area (Å²) in [4.78, 5) is 12.8. The van der Waals surface area contributed by atoms with Crippen molar-refractivity contribution in [1.82, 2.24) is 15.0 Å². The van der Waals surface area contributed by atoms with E-state index in [2.05, 4.69) is 25.0 Å². The van der Waals surface area contributed by atoms with E-state index in [-0.39, 0.29) is 26.5 Å². The van der Waals surface area contributed by atoms with Crippen LogP contribution >= 0.6 is 34.8 Å². The van der Waals surface area contributed by atoms with Gasteiger partial charge in [-0.3, -0.25) is 4.72 Å². The van der Waals surface area contributed by atoms with Gasteiger partial charge in [-0.25, -0.2) is 23.4 Å². The summed E-state index contributed by atoms with van der Waals surface area (Å²) in [7, 11) is -2.82. The number of fused-ring (bicyclic) bond motifs is 1. The molecule has 1 aliphatic carbocycles. The van der Waals surface area contributed by atoms with Crippen LogP contribution in [0.3, 0.4) is 0 Å². The normalized spacial score (nSPS) is 14.2. The van der Waals surface area contributed by atoms with E-state index in [1.165, 1.54) is 38.3 Å². The minimum atomic E-state index is -4.14. The van der Waals surface area contributed by atoms with Gasteiger partial charge in [-0.1, -0.05) is 53.7 Å². The van der Waals surface area contributed by atoms with Gasteiger partial charge in [0.1, 0.15) is 0 Å². The maximum absolute atomic E-state index is 13.1. The van der Waals surface area contributed by atoms with E-state index in [4.69, 9.17) is 39.5 Å². The van der Waals surface area contributed by atoms with Gasteiger partial charge in [0.05, 0.1) is 33.4 Å². The number of anilines is 2. The van der Waals surface area contributed by atoms with Crippen molar-refractivity contribution >= 4 is 67.4 Å². The highest BCUT2D eigenvalue weighted by atomic mass is 35.5. The topological polar surface area (TPSA) is 106 Å². The number of ether oxygens (including phenoxy) is 1. The van der Waals surface area contributed by atoms with E-state index in [1.54, 1.807) is 12.3 Å². The van der Waals surface area contributed by atoms with Crippen LogP contribution in [0.5, 0.6) is 5.88 Å². The molecular formula is C25H22Cl3N5O3S. The quantitative estimate of drug-likeness (QED) is 0.248. The molecule has 2 N–H and O–H groups in total. The first-order valence-corrected chi connectivity index (χ1v) is 14.1. The second kappa shape index (κ2) is 10.5. The van der Waals surface area contributed by atoms with Crippen LogP contribution in [0, 0.1) is 0 Å². The third kappa shape index (κ3) is 5.40. The molecule has 0 atom stereocenters. The Morgan fingerprint density at radius 1 is 1.00 bits per heavy atom. The minimum absolute atomic E-state index is 0.0986. The van der Waals surface area contributed by atoms with E-state index >= 15 is 0 Å². The molecule has 1 fully saturated rings. The number of nitrogens with zero attached hydrogens (tertiary/aromatic N) is 3. The van der Waals surface area contributed by atoms with Gasteiger partial charge in [0, 0.05) is 29.4 Å². The number of nitrogens with one attached hydrogen (secondary N) is 2. The number of hydrogen-bond donors (Lipinski definition) is 2. The summed E-state index contributed by atoms with van der Waals surface area (Å²) in [5, 5.41) is 4.82. The Morgan fingerprint density at radius 2 is 1.78 bits per heavy atom. The summed E-state index contributed by atoms with van der Waals surface area (Å²) in [6, 6.07) is 10.3. The average Bonchev–Trinajstić information content (AvgIpc) is 3.39. The molecule has 1 saturated carbocycles. The smallest absolute Gasteiger partial charge is 0.267 e. The van der Waals surface area contributed by atoms with E-state index in [9.17, 15) is 8.42 Å². The van der Waals surface area contributed by atoms with Gasteiger partial charge in [0.25, 0.3) is 10.0 Å². The van der Waals surface area contributed by atoms with Crippen LogP contribution in [0.4, 0.5) is 11.6 Å². The zero-order valence-electron chi connectivity index (χ0n) is 19.6. The lowest BCUT2D eigenvalue weighted by Crippen LogP contribution is -2.16. The SMILES string of the molecule is COc1ncc(Cl)cc1S(=O)(=O)Nc1ccc(Cl)c(-c2ccc3nc(NC4CCCC4)ncc3c2)c1Cl. The van der Waals surface area contributed by atoms with Crippen LogP contribution in [0.15, 0.2) is 53.7 Å². The highest BCUT2D eigenvalue weighted by molar-refractivity contribution is 7.92. The second-order valence-corrected chi connectivity index (χ2v) is 11.5. The maximum atomic E-state index is 13.1. The summed E-state index contributed by atoms with van der Waals surface area (Å²) in [5.74, 6) is 0.504. The zero-order chi connectivity index (χ0) is 26.2. The van der Waals surface area contributed by atoms with Crippen molar-refractivity contribution in [3.8, 4) is 17.0 Å². The van der Waals surface area contributed by atoms with Crippen molar-refractivity contribution in [3.63, 3.8) is 0 Å². The van der Waals surface area contributed by atoms with Crippen LogP contribution in [0.25, 0.3) is 22.0 Å². The maximum Gasteiger partial charge on any atom is 0.267 e. The summed E-state index contributed by atoms with van der Waals surface area (Å²) < 4.78 is 33.9. The fourth-order valence-electron chi connectivity index (χ4n) is 4.36. The number of pyridine rings is 1. The molecule has 0 amide bonds. The Bertz CT molecular complexity index is 1590. The van der Waals surface area contributed by atoms with Crippen molar-refractivity contribution in [1.29, 1.82) is 0 Å². The predicted molar refractivity (Wildman–Crippen MR) is 147 cm³/mol. The van der Waals surface area contributed by atoms with Gasteiger partial charge in [0.2, 0.25) is 11.8 Å². The standard InChI is InChI=1S/C25H22Cl3N5O3S/c1-36-24-21(11-16(26)13-29-24)37(34,35)33-20-9-7-18(27)22(23(20)28)14-6-8-19-15(10-14)12-30-25(32-19)31-17-4-2-3-5-17/h6-13,17,33H,2-5H2,1H3,(H,30,31,32). The average molecular weight is 579 g/mol. The van der Waals surface area contributed by atoms with Crippen LogP contribution in [0.2, 0.25) is 15.1 Å². The lowest BCUT2D eigenvalue weighted by Gasteiger charge is -2.16. The predicted octanol–water partition coefficient (Wildman–Crippen LogP) is 6.82. The number of rotatable bonds is 7. The van der Waals surface area contributed by atoms with Crippen LogP contribution in [-0.2, 0) is 10.0 Å². The summed E-state index contributed by atoms with van der Waals surface area (Å²) in [5.41, 5.74) is 2.06. The molecule has 37 heavy (non-hydrogen) atoms. The summed E-state index contributed by atoms with van der Waals surface area (Å²) in [6.07, 6.45) is 7.72. The van der Waals surface area contributed by atoms with Gasteiger partial charge < -0.3 is 10.1 Å². The molecular weight excluding hydrogens is 557 g/mol. The molecule has 5 rings (SSSR count). The van der Waals surface area contributed by atoms with Crippen LogP contribution in [-0.4, -0.2) is 36.5 Å². The Balaban J connectivity index is 1.48. The van der Waals surface area contributed by atoms with E-state index < -0.39 is 10.0 Å². The van der Waals surface area contributed by atoms with Crippen LogP contribution < -0.4 is 14.8 Å². The number of methoxy groups -OCH3 is 1. The van der Waals surface area contributed by atoms with Crippen molar-refractivity contribution in [2.24, 2.45) is 0 Å². The summed E-state index contributed by atoms with van der Waals surface area (Å²) >= 11 is 19.2. The van der Waals surface area contributed by atoms with Crippen LogP contribution in [0.1, 0.15) is 25.7 Å². The van der Waals surface area contributed by atoms with Crippen molar-refractivity contribution in [2.75, 3.05) is 17.1 Å². The second-order valence-electron chi connectivity index (χ2n) is 8.64. The highest BCUT2D eigenvalue weighted by Crippen LogP contribution is 2.41. The lowest BCUT2D eigenvalue weighted by molar-refractivity contribution is 0.385. The van der Waals surface area contributed by atoms with E-state index in [1.807, 2.05) is 18.2 Å². The number of benzene rings is 2. The third-order valence-corrected chi connectivity index (χ3v) is 8.43. The Labute approximate surface area is 229 Å². The molecule has 1 aliphatic rings. The monoisotopic (exact) mass is 577 g/mol. The number of sulfonamides is 1. The summed E-state index contributed by atoms with van der Waals surface area (Å²) in [6.45, 7) is 0. The highest BCUT2D eigenvalue weighted by Gasteiger charge is 2.24. The van der Waals surface area contributed by atoms with Gasteiger partial charge in [-0.15, -0.1) is 0 Å². The molecule has 0 radical (unpaired) electrons. The van der Waals surface area contributed by atoms with E-state index in [0.717, 1.165) is 23.7 Å². The third-order valence-electron chi connectivity index (χ3n) is 6.16. The van der Waals surface area contributed by atoms with Crippen molar-refractivity contribution in [2.45, 2.75) is 36.6 Å². The first-order valence-electron chi connectivity index (χ1n) is 11.5. The molecule has 0 unspecified atom stereocenters. The van der Waals surface area contributed by atoms with E-state index in [0.29, 0.717) is 28.1 Å². The number of halogens is 3. The largest absolute Gasteiger partial charge is 0.480 e. The molecule has 4 aromatic rings. The molecule has 0 bridgehead atoms. The molecule has 12 heteroatoms. The Kier molecular flexibility index (Phi) is 7.31. The minimum Gasteiger partial charge on any atom is -0.480 e. The van der Waals surface area contributed by atoms with Gasteiger partial charge >= 0.3 is 0 Å². The fraction of sp³-hybridized carbons (Fsp3) is 0.240. The molecule has 192 valence electrons. The molecule has 0 spiro atoms. The van der Waals surface area contributed by atoms with Gasteiger partial charge in [-0.05, 0) is 48.7 Å². The Morgan fingerprint density at radius 3 is 2.54 bits per heavy atom. The van der Waals surface area contributed by atoms with Gasteiger partial charge in [0.15, 0.2) is 4.90 Å². The molecule has 2 aromatic carbocycles. The van der Waals surface area contributed by atoms with Crippen molar-refractivity contribution in [3.05, 3.63) is 63.9 Å². The molecule has 0 aliphatic heterocycles. The zero-order valence-corrected chi connectivity index (χ0v) is 22.7. The number of hydrogen-bond acceptors (Lipinski definition) is 7. The molecule has 0 saturated heterocycles. The molecule has 2 aromatic heterocycles. The molecule has 2 heterocycles. The first-order chi connectivity index (χ1) is 17.7. The lowest BCUT2D eigenvalue weighted by atomic mass is 10.0. The Hall–Kier alpha value is -2.85. The van der Waals surface area contributed by atoms with Gasteiger partial charge in [-0.2, -0.15) is 0 Å². The first kappa shape index (κ1) is 25.8. The van der Waals surface area contributed by atoms with Crippen molar-refractivity contribution < 1.29 is 13.2 Å². The molecule has 8 nitrogen and oxygen atoms in total.